The van der Waals surface area contributed by atoms with Crippen LogP contribution in [-0.2, 0) is 6.42 Å². The van der Waals surface area contributed by atoms with Gasteiger partial charge in [0.15, 0.2) is 0 Å². The summed E-state index contributed by atoms with van der Waals surface area (Å²) < 4.78 is 38.5. The fourth-order valence-electron chi connectivity index (χ4n) is 5.04. The van der Waals surface area contributed by atoms with Gasteiger partial charge < -0.3 is 9.80 Å². The Morgan fingerprint density at radius 3 is 2.72 bits per heavy atom. The molecule has 3 heterocycles. The first-order chi connectivity index (χ1) is 15.2. The maximum Gasteiger partial charge on any atom is 0.393 e. The number of amides is 1. The Kier molecular flexibility index (Phi) is 5.11. The first kappa shape index (κ1) is 21.2. The third-order valence-electron chi connectivity index (χ3n) is 6.70. The molecule has 32 heavy (non-hydrogen) atoms. The van der Waals surface area contributed by atoms with E-state index in [1.807, 2.05) is 42.3 Å². The van der Waals surface area contributed by atoms with E-state index >= 15 is 0 Å². The summed E-state index contributed by atoms with van der Waals surface area (Å²) in [6.45, 7) is 1.60. The van der Waals surface area contributed by atoms with Gasteiger partial charge in [-0.1, -0.05) is 18.2 Å². The maximum absolute atomic E-state index is 12.8. The van der Waals surface area contributed by atoms with Gasteiger partial charge in [-0.2, -0.15) is 13.2 Å². The molecular weight excluding hydrogens is 437 g/mol. The average Bonchev–Trinajstić information content (AvgIpc) is 3.35. The molecule has 5 rings (SSSR count). The van der Waals surface area contributed by atoms with Gasteiger partial charge in [0.1, 0.15) is 17.0 Å². The topological polar surface area (TPSA) is 49.3 Å². The third kappa shape index (κ3) is 3.94. The van der Waals surface area contributed by atoms with E-state index < -0.39 is 12.6 Å². The molecule has 1 amide bonds. The molecule has 5 nitrogen and oxygen atoms in total. The molecular formula is C23H23F3N4OS. The second-order valence-electron chi connectivity index (χ2n) is 8.94. The zero-order valence-corrected chi connectivity index (χ0v) is 18.4. The highest BCUT2D eigenvalue weighted by molar-refractivity contribution is 7.18. The second kappa shape index (κ2) is 7.72. The molecule has 1 spiro atoms. The monoisotopic (exact) mass is 460 g/mol. The molecule has 1 aromatic carbocycles. The van der Waals surface area contributed by atoms with Gasteiger partial charge in [-0.3, -0.25) is 4.79 Å². The molecule has 1 saturated heterocycles. The van der Waals surface area contributed by atoms with Crippen molar-refractivity contribution in [1.82, 2.24) is 14.9 Å². The summed E-state index contributed by atoms with van der Waals surface area (Å²) in [5, 5.41) is 0.695. The Morgan fingerprint density at radius 1 is 1.25 bits per heavy atom. The van der Waals surface area contributed by atoms with Crippen LogP contribution in [0.15, 0.2) is 42.7 Å². The van der Waals surface area contributed by atoms with Crippen LogP contribution in [0.2, 0.25) is 0 Å². The van der Waals surface area contributed by atoms with Crippen LogP contribution in [0, 0.1) is 5.41 Å². The molecule has 9 heteroatoms. The van der Waals surface area contributed by atoms with E-state index in [0.29, 0.717) is 21.6 Å². The summed E-state index contributed by atoms with van der Waals surface area (Å²) in [5.41, 5.74) is 0.817. The van der Waals surface area contributed by atoms with Crippen molar-refractivity contribution in [2.75, 3.05) is 25.0 Å². The van der Waals surface area contributed by atoms with E-state index in [1.165, 1.54) is 6.33 Å². The largest absolute Gasteiger partial charge is 0.393 e. The molecule has 0 unspecified atom stereocenters. The molecule has 2 aliphatic rings. The van der Waals surface area contributed by atoms with Gasteiger partial charge in [0.05, 0.1) is 11.8 Å². The molecule has 1 aliphatic carbocycles. The van der Waals surface area contributed by atoms with Crippen LogP contribution in [-0.4, -0.2) is 53.1 Å². The van der Waals surface area contributed by atoms with Gasteiger partial charge in [-0.15, -0.1) is 11.3 Å². The number of nitrogens with zero attached hydrogens (tertiary/aromatic N) is 4. The number of fused-ring (bicyclic) bond motifs is 1. The molecule has 1 aliphatic heterocycles. The van der Waals surface area contributed by atoms with Crippen LogP contribution in [0.5, 0.6) is 0 Å². The Labute approximate surface area is 187 Å². The maximum atomic E-state index is 12.8. The molecule has 0 N–H and O–H groups in total. The number of halogens is 3. The lowest BCUT2D eigenvalue weighted by atomic mass is 9.64. The predicted molar refractivity (Wildman–Crippen MR) is 118 cm³/mol. The van der Waals surface area contributed by atoms with E-state index in [0.717, 1.165) is 43.7 Å². The van der Waals surface area contributed by atoms with E-state index in [4.69, 9.17) is 0 Å². The van der Waals surface area contributed by atoms with Crippen molar-refractivity contribution < 1.29 is 18.0 Å². The number of carbonyl (C=O) groups is 1. The molecule has 168 valence electrons. The van der Waals surface area contributed by atoms with Crippen molar-refractivity contribution in [2.24, 2.45) is 5.41 Å². The first-order valence-corrected chi connectivity index (χ1v) is 11.4. The van der Waals surface area contributed by atoms with Crippen molar-refractivity contribution >= 4 is 33.3 Å². The van der Waals surface area contributed by atoms with E-state index in [9.17, 15) is 18.0 Å². The van der Waals surface area contributed by atoms with Crippen molar-refractivity contribution in [1.29, 1.82) is 0 Å². The standard InChI is InChI=1S/C23H23F3N4OS/c1-29(21(31)15-5-3-2-4-6-15)16-10-22(11-16)7-8-30(13-22)19-18-9-17(12-23(24,25)26)32-20(18)28-14-27-19/h2-6,9,14,16H,7-8,10-13H2,1H3. The quantitative estimate of drug-likeness (QED) is 0.554. The van der Waals surface area contributed by atoms with E-state index in [-0.39, 0.29) is 22.2 Å². The molecule has 2 aromatic heterocycles. The van der Waals surface area contributed by atoms with Crippen molar-refractivity contribution in [3.63, 3.8) is 0 Å². The number of carbonyl (C=O) groups excluding carboxylic acids is 1. The van der Waals surface area contributed by atoms with Crippen LogP contribution in [0.1, 0.15) is 34.5 Å². The smallest absolute Gasteiger partial charge is 0.355 e. The summed E-state index contributed by atoms with van der Waals surface area (Å²) >= 11 is 1.08. The van der Waals surface area contributed by atoms with Gasteiger partial charge in [0.25, 0.3) is 5.91 Å². The SMILES string of the molecule is CN(C(=O)c1ccccc1)C1CC2(CCN(c3ncnc4sc(CC(F)(F)F)cc34)C2)C1. The van der Waals surface area contributed by atoms with Crippen LogP contribution >= 0.6 is 11.3 Å². The first-order valence-electron chi connectivity index (χ1n) is 10.6. The van der Waals surface area contributed by atoms with Gasteiger partial charge in [-0.05, 0) is 42.9 Å². The minimum absolute atomic E-state index is 0.0354. The molecule has 2 fully saturated rings. The number of rotatable bonds is 4. The lowest BCUT2D eigenvalue weighted by molar-refractivity contribution is -0.126. The Hall–Kier alpha value is -2.68. The number of thiophene rings is 1. The van der Waals surface area contributed by atoms with Gasteiger partial charge in [0.2, 0.25) is 0 Å². The third-order valence-corrected chi connectivity index (χ3v) is 7.74. The summed E-state index contributed by atoms with van der Waals surface area (Å²) in [6.07, 6.45) is -0.906. The second-order valence-corrected chi connectivity index (χ2v) is 10.1. The number of anilines is 1. The lowest BCUT2D eigenvalue weighted by Gasteiger charge is -2.49. The van der Waals surface area contributed by atoms with Crippen LogP contribution < -0.4 is 4.90 Å². The number of hydrogen-bond acceptors (Lipinski definition) is 5. The van der Waals surface area contributed by atoms with Gasteiger partial charge >= 0.3 is 6.18 Å². The summed E-state index contributed by atoms with van der Waals surface area (Å²) in [6, 6.07) is 11.1. The van der Waals surface area contributed by atoms with Crippen molar-refractivity contribution in [3.05, 3.63) is 53.2 Å². The highest BCUT2D eigenvalue weighted by Gasteiger charge is 2.50. The summed E-state index contributed by atoms with van der Waals surface area (Å²) in [7, 11) is 1.86. The van der Waals surface area contributed by atoms with Crippen molar-refractivity contribution in [2.45, 2.75) is 37.9 Å². The normalized spacial score (nSPS) is 23.0. The van der Waals surface area contributed by atoms with Crippen LogP contribution in [0.25, 0.3) is 10.2 Å². The molecule has 1 saturated carbocycles. The Bertz CT molecular complexity index is 1140. The zero-order chi connectivity index (χ0) is 22.5. The highest BCUT2D eigenvalue weighted by Crippen LogP contribution is 2.51. The van der Waals surface area contributed by atoms with E-state index in [2.05, 4.69) is 14.9 Å². The molecule has 0 radical (unpaired) electrons. The summed E-state index contributed by atoms with van der Waals surface area (Å²) in [4.78, 5) is 26.2. The number of aromatic nitrogens is 2. The molecule has 0 bridgehead atoms. The fourth-order valence-corrected chi connectivity index (χ4v) is 6.06. The fraction of sp³-hybridized carbons (Fsp3) is 0.435. The van der Waals surface area contributed by atoms with Crippen LogP contribution in [0.3, 0.4) is 0 Å². The highest BCUT2D eigenvalue weighted by atomic mass is 32.1. The number of alkyl halides is 3. The minimum Gasteiger partial charge on any atom is -0.355 e. The molecule has 3 aromatic rings. The average molecular weight is 461 g/mol. The van der Waals surface area contributed by atoms with Crippen molar-refractivity contribution in [3.8, 4) is 0 Å². The summed E-state index contributed by atoms with van der Waals surface area (Å²) in [5.74, 6) is 0.752. The Balaban J connectivity index is 1.27. The lowest BCUT2D eigenvalue weighted by Crippen LogP contribution is -2.52. The van der Waals surface area contributed by atoms with Gasteiger partial charge in [0, 0.05) is 36.6 Å². The number of hydrogen-bond donors (Lipinski definition) is 0. The number of benzene rings is 1. The van der Waals surface area contributed by atoms with Gasteiger partial charge in [-0.25, -0.2) is 9.97 Å². The van der Waals surface area contributed by atoms with E-state index in [1.54, 1.807) is 6.07 Å². The predicted octanol–water partition coefficient (Wildman–Crippen LogP) is 4.93. The Morgan fingerprint density at radius 2 is 2.00 bits per heavy atom. The zero-order valence-electron chi connectivity index (χ0n) is 17.6. The van der Waals surface area contributed by atoms with Crippen LogP contribution in [0.4, 0.5) is 19.0 Å². The minimum atomic E-state index is -4.24. The molecule has 0 atom stereocenters.